The molecule has 0 radical (unpaired) electrons. The van der Waals surface area contributed by atoms with Crippen LogP contribution in [0.2, 0.25) is 0 Å². The summed E-state index contributed by atoms with van der Waals surface area (Å²) in [5.74, 6) is 0.350. The van der Waals surface area contributed by atoms with Gasteiger partial charge in [0.05, 0.1) is 31.2 Å². The van der Waals surface area contributed by atoms with Gasteiger partial charge in [-0.1, -0.05) is 35.9 Å². The number of carbonyl (C=O) groups excluding carboxylic acids is 2. The van der Waals surface area contributed by atoms with Crippen molar-refractivity contribution < 1.29 is 18.7 Å². The predicted molar refractivity (Wildman–Crippen MR) is 114 cm³/mol. The number of methoxy groups -OCH3 is 1. The molecule has 2 amide bonds. The number of nitrogens with zero attached hydrogens (tertiary/aromatic N) is 1. The quantitative estimate of drug-likeness (QED) is 0.623. The third kappa shape index (κ3) is 3.48. The highest BCUT2D eigenvalue weighted by atomic mass is 16.5. The molecule has 0 saturated carbocycles. The Morgan fingerprint density at radius 2 is 1.80 bits per heavy atom. The normalized spacial score (nSPS) is 13.9. The molecule has 30 heavy (non-hydrogen) atoms. The van der Waals surface area contributed by atoms with E-state index >= 15 is 0 Å². The fourth-order valence-corrected chi connectivity index (χ4v) is 3.62. The first kappa shape index (κ1) is 19.5. The molecule has 1 aromatic heterocycles. The maximum atomic E-state index is 13.4. The molecule has 1 N–H and O–H groups in total. The zero-order valence-corrected chi connectivity index (χ0v) is 17.1. The number of anilines is 1. The zero-order valence-electron chi connectivity index (χ0n) is 17.1. The maximum absolute atomic E-state index is 13.4. The van der Waals surface area contributed by atoms with E-state index in [4.69, 9.17) is 9.15 Å². The molecule has 0 fully saturated rings. The minimum absolute atomic E-state index is 0.0657. The van der Waals surface area contributed by atoms with Crippen molar-refractivity contribution in [2.45, 2.75) is 20.4 Å². The van der Waals surface area contributed by atoms with Crippen LogP contribution in [0.1, 0.15) is 22.5 Å². The molecule has 6 heteroatoms. The van der Waals surface area contributed by atoms with Crippen LogP contribution in [0, 0.1) is 13.8 Å². The Bertz CT molecular complexity index is 1150. The molecule has 0 bridgehead atoms. The van der Waals surface area contributed by atoms with Crippen molar-refractivity contribution in [3.63, 3.8) is 0 Å². The molecule has 4 rings (SSSR count). The van der Waals surface area contributed by atoms with Gasteiger partial charge in [-0.25, -0.2) is 0 Å². The largest absolute Gasteiger partial charge is 0.495 e. The van der Waals surface area contributed by atoms with Gasteiger partial charge in [-0.2, -0.15) is 0 Å². The van der Waals surface area contributed by atoms with Crippen molar-refractivity contribution in [2.75, 3.05) is 12.4 Å². The highest BCUT2D eigenvalue weighted by Crippen LogP contribution is 2.35. The topological polar surface area (TPSA) is 71.8 Å². The number of benzene rings is 2. The lowest BCUT2D eigenvalue weighted by Crippen LogP contribution is -2.31. The van der Waals surface area contributed by atoms with E-state index in [9.17, 15) is 9.59 Å². The lowest BCUT2D eigenvalue weighted by molar-refractivity contribution is -0.137. The van der Waals surface area contributed by atoms with E-state index in [0.717, 1.165) is 16.7 Å². The molecular formula is C24H22N2O4. The monoisotopic (exact) mass is 402 g/mol. The Hall–Kier alpha value is -3.80. The van der Waals surface area contributed by atoms with E-state index in [-0.39, 0.29) is 18.1 Å². The highest BCUT2D eigenvalue weighted by Gasteiger charge is 2.40. The first-order valence-corrected chi connectivity index (χ1v) is 9.60. The van der Waals surface area contributed by atoms with Crippen LogP contribution in [0.3, 0.4) is 0 Å². The van der Waals surface area contributed by atoms with Crippen LogP contribution in [-0.4, -0.2) is 23.8 Å². The minimum Gasteiger partial charge on any atom is -0.495 e. The number of carbonyl (C=O) groups is 2. The summed E-state index contributed by atoms with van der Waals surface area (Å²) in [7, 11) is 1.56. The molecule has 2 heterocycles. The van der Waals surface area contributed by atoms with Crippen molar-refractivity contribution >= 4 is 23.1 Å². The summed E-state index contributed by atoms with van der Waals surface area (Å²) in [6, 6.07) is 16.6. The summed E-state index contributed by atoms with van der Waals surface area (Å²) < 4.78 is 10.8. The van der Waals surface area contributed by atoms with Gasteiger partial charge >= 0.3 is 0 Å². The van der Waals surface area contributed by atoms with Gasteiger partial charge in [0.2, 0.25) is 0 Å². The maximum Gasteiger partial charge on any atom is 0.278 e. The van der Waals surface area contributed by atoms with Crippen LogP contribution < -0.4 is 10.1 Å². The van der Waals surface area contributed by atoms with E-state index in [2.05, 4.69) is 5.32 Å². The van der Waals surface area contributed by atoms with Gasteiger partial charge in [0.25, 0.3) is 11.8 Å². The molecule has 0 unspecified atom stereocenters. The van der Waals surface area contributed by atoms with E-state index < -0.39 is 5.91 Å². The number of aryl methyl sites for hydroxylation is 2. The molecular weight excluding hydrogens is 380 g/mol. The van der Waals surface area contributed by atoms with Crippen molar-refractivity contribution in [1.82, 2.24) is 4.90 Å². The Balaban J connectivity index is 1.81. The zero-order chi connectivity index (χ0) is 21.3. The predicted octanol–water partition coefficient (Wildman–Crippen LogP) is 4.30. The molecule has 1 aliphatic heterocycles. The molecule has 0 aliphatic carbocycles. The Morgan fingerprint density at radius 1 is 1.00 bits per heavy atom. The van der Waals surface area contributed by atoms with Crippen molar-refractivity contribution in [3.05, 3.63) is 89.0 Å². The van der Waals surface area contributed by atoms with Crippen molar-refractivity contribution in [1.29, 1.82) is 0 Å². The summed E-state index contributed by atoms with van der Waals surface area (Å²) in [6.45, 7) is 3.99. The Morgan fingerprint density at radius 3 is 2.50 bits per heavy atom. The van der Waals surface area contributed by atoms with Crippen LogP contribution in [0.25, 0.3) is 5.57 Å². The SMILES string of the molecule is COc1ccccc1NC1=C(c2ccc(C)cc2C)C(=O)N(Cc2ccco2)C1=O. The fourth-order valence-electron chi connectivity index (χ4n) is 3.62. The van der Waals surface area contributed by atoms with Crippen LogP contribution >= 0.6 is 0 Å². The fraction of sp³-hybridized carbons (Fsp3) is 0.167. The number of hydrogen-bond acceptors (Lipinski definition) is 5. The Kier molecular flexibility index (Phi) is 5.14. The van der Waals surface area contributed by atoms with Crippen molar-refractivity contribution in [2.24, 2.45) is 0 Å². The van der Waals surface area contributed by atoms with Crippen LogP contribution in [0.4, 0.5) is 5.69 Å². The number of amides is 2. The van der Waals surface area contributed by atoms with Gasteiger partial charge in [0.15, 0.2) is 0 Å². The van der Waals surface area contributed by atoms with Gasteiger partial charge < -0.3 is 14.5 Å². The average Bonchev–Trinajstić information content (AvgIpc) is 3.32. The van der Waals surface area contributed by atoms with E-state index in [0.29, 0.717) is 22.8 Å². The van der Waals surface area contributed by atoms with E-state index in [1.807, 2.05) is 44.2 Å². The highest BCUT2D eigenvalue weighted by molar-refractivity contribution is 6.36. The third-order valence-corrected chi connectivity index (χ3v) is 5.08. The number of furan rings is 1. The molecule has 0 spiro atoms. The third-order valence-electron chi connectivity index (χ3n) is 5.08. The van der Waals surface area contributed by atoms with Crippen LogP contribution in [0.5, 0.6) is 5.75 Å². The second-order valence-corrected chi connectivity index (χ2v) is 7.17. The second kappa shape index (κ2) is 7.91. The molecule has 1 aliphatic rings. The summed E-state index contributed by atoms with van der Waals surface area (Å²) in [5, 5.41) is 3.15. The molecule has 0 atom stereocenters. The summed E-state index contributed by atoms with van der Waals surface area (Å²) in [4.78, 5) is 27.9. The van der Waals surface area contributed by atoms with Gasteiger partial charge in [-0.05, 0) is 49.2 Å². The van der Waals surface area contributed by atoms with Crippen molar-refractivity contribution in [3.8, 4) is 5.75 Å². The first-order valence-electron chi connectivity index (χ1n) is 9.60. The lowest BCUT2D eigenvalue weighted by atomic mass is 9.97. The number of hydrogen-bond donors (Lipinski definition) is 1. The second-order valence-electron chi connectivity index (χ2n) is 7.17. The number of para-hydroxylation sites is 2. The summed E-state index contributed by atoms with van der Waals surface area (Å²) in [5.41, 5.74) is 3.90. The number of rotatable bonds is 6. The molecule has 2 aromatic carbocycles. The number of nitrogens with one attached hydrogen (secondary N) is 1. The molecule has 3 aromatic rings. The number of ether oxygens (including phenoxy) is 1. The standard InChI is InChI=1S/C24H22N2O4/c1-15-10-11-18(16(2)13-15)21-22(25-19-8-4-5-9-20(19)29-3)24(28)26(23(21)27)14-17-7-6-12-30-17/h4-13,25H,14H2,1-3H3. The van der Waals surface area contributed by atoms with E-state index in [1.54, 1.807) is 31.4 Å². The van der Waals surface area contributed by atoms with Gasteiger partial charge in [-0.15, -0.1) is 0 Å². The smallest absolute Gasteiger partial charge is 0.278 e. The molecule has 152 valence electrons. The van der Waals surface area contributed by atoms with Crippen LogP contribution in [0.15, 0.2) is 71.0 Å². The Labute approximate surface area is 174 Å². The van der Waals surface area contributed by atoms with Gasteiger partial charge in [-0.3, -0.25) is 14.5 Å². The molecule has 0 saturated heterocycles. The van der Waals surface area contributed by atoms with Gasteiger partial charge in [0, 0.05) is 0 Å². The van der Waals surface area contributed by atoms with Crippen LogP contribution in [-0.2, 0) is 16.1 Å². The summed E-state index contributed by atoms with van der Waals surface area (Å²) >= 11 is 0. The molecule has 6 nitrogen and oxygen atoms in total. The first-order chi connectivity index (χ1) is 14.5. The lowest BCUT2D eigenvalue weighted by Gasteiger charge is -2.14. The van der Waals surface area contributed by atoms with Gasteiger partial charge in [0.1, 0.15) is 17.2 Å². The van der Waals surface area contributed by atoms with E-state index in [1.165, 1.54) is 11.2 Å². The average molecular weight is 402 g/mol. The number of imide groups is 1. The minimum atomic E-state index is -0.405. The summed E-state index contributed by atoms with van der Waals surface area (Å²) in [6.07, 6.45) is 1.52.